The topological polar surface area (TPSA) is 84.0 Å². The third-order valence-corrected chi connectivity index (χ3v) is 7.24. The maximum absolute atomic E-state index is 13.1. The molecule has 3 rings (SSSR count). The minimum atomic E-state index is -3.31. The summed E-state index contributed by atoms with van der Waals surface area (Å²) in [6, 6.07) is 6.11. The number of ether oxygens (including phenoxy) is 1. The van der Waals surface area contributed by atoms with Crippen molar-refractivity contribution < 1.29 is 22.7 Å². The first-order valence-electron chi connectivity index (χ1n) is 11.2. The van der Waals surface area contributed by atoms with E-state index in [1.807, 2.05) is 6.92 Å². The Kier molecular flexibility index (Phi) is 7.47. The van der Waals surface area contributed by atoms with Gasteiger partial charge in [-0.15, -0.1) is 0 Å². The number of amides is 2. The van der Waals surface area contributed by atoms with E-state index in [4.69, 9.17) is 4.74 Å². The smallest absolute Gasteiger partial charge is 0.414 e. The largest absolute Gasteiger partial charge is 0.446 e. The second-order valence-electron chi connectivity index (χ2n) is 8.79. The van der Waals surface area contributed by atoms with E-state index in [2.05, 4.69) is 13.2 Å². The van der Waals surface area contributed by atoms with Crippen molar-refractivity contribution in [2.24, 2.45) is 0 Å². The lowest BCUT2D eigenvalue weighted by atomic mass is 9.98. The molecule has 0 spiro atoms. The summed E-state index contributed by atoms with van der Waals surface area (Å²) in [7, 11) is -3.31. The summed E-state index contributed by atoms with van der Waals surface area (Å²) in [5.41, 5.74) is 2.09. The van der Waals surface area contributed by atoms with Gasteiger partial charge in [0.25, 0.3) is 0 Å². The number of nitrogens with zero attached hydrogens (tertiary/aromatic N) is 2. The molecule has 0 aromatic heterocycles. The number of allylic oxidation sites excluding steroid dienone is 2. The summed E-state index contributed by atoms with van der Waals surface area (Å²) in [4.78, 5) is 28.7. The zero-order valence-corrected chi connectivity index (χ0v) is 20.4. The second-order valence-corrected chi connectivity index (χ2v) is 10.8. The van der Waals surface area contributed by atoms with Gasteiger partial charge in [0.15, 0.2) is 9.84 Å². The zero-order valence-electron chi connectivity index (χ0n) is 19.5. The average Bonchev–Trinajstić information content (AvgIpc) is 2.75. The second kappa shape index (κ2) is 9.95. The standard InChI is InChI=1S/C25H32N2O5S/c1-17(21-11-13-23(14-12-21)33(5,30)31)15-24-19(3)27(20(4)28)18(2)16-26(24)25(29)32-22-9-7-6-8-10-22/h11-15,18,22H,1,3,6-10,16H2,2,4-5H3/b24-15+. The minimum Gasteiger partial charge on any atom is -0.446 e. The van der Waals surface area contributed by atoms with Crippen molar-refractivity contribution in [2.45, 2.75) is 63.0 Å². The summed E-state index contributed by atoms with van der Waals surface area (Å²) < 4.78 is 29.3. The van der Waals surface area contributed by atoms with Crippen molar-refractivity contribution in [3.63, 3.8) is 0 Å². The molecule has 0 bridgehead atoms. The summed E-state index contributed by atoms with van der Waals surface area (Å²) in [6.45, 7) is 11.8. The van der Waals surface area contributed by atoms with Crippen molar-refractivity contribution in [2.75, 3.05) is 12.8 Å². The average molecular weight is 473 g/mol. The van der Waals surface area contributed by atoms with Crippen molar-refractivity contribution in [3.8, 4) is 0 Å². The van der Waals surface area contributed by atoms with Gasteiger partial charge in [0, 0.05) is 19.7 Å². The Bertz CT molecular complexity index is 1080. The maximum Gasteiger partial charge on any atom is 0.414 e. The molecule has 1 heterocycles. The lowest BCUT2D eigenvalue weighted by Gasteiger charge is -2.42. The molecule has 178 valence electrons. The lowest BCUT2D eigenvalue weighted by Crippen LogP contribution is -2.52. The van der Waals surface area contributed by atoms with E-state index in [-0.39, 0.29) is 29.5 Å². The molecule has 8 heteroatoms. The number of benzene rings is 1. The molecule has 7 nitrogen and oxygen atoms in total. The molecule has 1 saturated heterocycles. The van der Waals surface area contributed by atoms with E-state index in [1.54, 1.807) is 23.1 Å². The number of piperazine rings is 1. The van der Waals surface area contributed by atoms with Gasteiger partial charge in [0.1, 0.15) is 6.10 Å². The molecule has 1 aromatic carbocycles. The molecule has 2 fully saturated rings. The Morgan fingerprint density at radius 1 is 1.12 bits per heavy atom. The Morgan fingerprint density at radius 3 is 2.27 bits per heavy atom. The van der Waals surface area contributed by atoms with Crippen LogP contribution in [0, 0.1) is 0 Å². The maximum atomic E-state index is 13.1. The summed E-state index contributed by atoms with van der Waals surface area (Å²) in [5, 5.41) is 0. The van der Waals surface area contributed by atoms with Crippen LogP contribution in [0.4, 0.5) is 4.79 Å². The van der Waals surface area contributed by atoms with Gasteiger partial charge in [-0.25, -0.2) is 13.2 Å². The van der Waals surface area contributed by atoms with Crippen LogP contribution in [-0.2, 0) is 19.4 Å². The van der Waals surface area contributed by atoms with Crippen molar-refractivity contribution >= 4 is 27.4 Å². The SMILES string of the molecule is C=C(/C=C1\C(=C)N(C(C)=O)C(C)CN1C(=O)OC1CCCCC1)c1ccc(S(C)(=O)=O)cc1. The molecule has 0 N–H and O–H groups in total. The molecule has 1 aliphatic heterocycles. The van der Waals surface area contributed by atoms with E-state index >= 15 is 0 Å². The van der Waals surface area contributed by atoms with Crippen LogP contribution in [-0.4, -0.2) is 55.2 Å². The molecule has 1 aliphatic carbocycles. The van der Waals surface area contributed by atoms with Gasteiger partial charge in [0.2, 0.25) is 5.91 Å². The molecular formula is C25H32N2O5S. The van der Waals surface area contributed by atoms with E-state index in [9.17, 15) is 18.0 Å². The highest BCUT2D eigenvalue weighted by atomic mass is 32.2. The molecule has 2 amide bonds. The van der Waals surface area contributed by atoms with Gasteiger partial charge >= 0.3 is 6.09 Å². The Labute approximate surface area is 196 Å². The van der Waals surface area contributed by atoms with Gasteiger partial charge in [-0.05, 0) is 62.0 Å². The van der Waals surface area contributed by atoms with Crippen LogP contribution in [0.3, 0.4) is 0 Å². The van der Waals surface area contributed by atoms with Crippen LogP contribution in [0.5, 0.6) is 0 Å². The first-order valence-corrected chi connectivity index (χ1v) is 13.1. The molecule has 33 heavy (non-hydrogen) atoms. The van der Waals surface area contributed by atoms with Crippen LogP contribution < -0.4 is 0 Å². The van der Waals surface area contributed by atoms with E-state index in [1.165, 1.54) is 24.0 Å². The summed E-state index contributed by atoms with van der Waals surface area (Å²) in [5.74, 6) is -0.165. The van der Waals surface area contributed by atoms with E-state index in [0.717, 1.165) is 38.4 Å². The fraction of sp³-hybridized carbons (Fsp3) is 0.440. The van der Waals surface area contributed by atoms with Gasteiger partial charge < -0.3 is 9.64 Å². The van der Waals surface area contributed by atoms with Crippen LogP contribution in [0.15, 0.2) is 59.8 Å². The first kappa shape index (κ1) is 24.8. The Morgan fingerprint density at radius 2 is 1.73 bits per heavy atom. The number of hydrogen-bond acceptors (Lipinski definition) is 5. The molecule has 1 unspecified atom stereocenters. The Balaban J connectivity index is 1.92. The van der Waals surface area contributed by atoms with Crippen molar-refractivity contribution in [3.05, 3.63) is 60.5 Å². The molecule has 1 saturated carbocycles. The Hall–Kier alpha value is -2.87. The number of sulfone groups is 1. The van der Waals surface area contributed by atoms with Gasteiger partial charge in [-0.2, -0.15) is 0 Å². The number of rotatable bonds is 4. The number of carbonyl (C=O) groups excluding carboxylic acids is 2. The minimum absolute atomic E-state index is 0.103. The van der Waals surface area contributed by atoms with Crippen LogP contribution in [0.2, 0.25) is 0 Å². The lowest BCUT2D eigenvalue weighted by molar-refractivity contribution is -0.129. The van der Waals surface area contributed by atoms with E-state index < -0.39 is 15.9 Å². The first-order chi connectivity index (χ1) is 15.5. The number of hydrogen-bond donors (Lipinski definition) is 0. The monoisotopic (exact) mass is 472 g/mol. The third kappa shape index (κ3) is 5.74. The fourth-order valence-electron chi connectivity index (χ4n) is 4.38. The van der Waals surface area contributed by atoms with Crippen molar-refractivity contribution in [1.82, 2.24) is 9.80 Å². The molecule has 0 radical (unpaired) electrons. The summed E-state index contributed by atoms with van der Waals surface area (Å²) >= 11 is 0. The molecule has 1 atom stereocenters. The predicted octanol–water partition coefficient (Wildman–Crippen LogP) is 4.52. The zero-order chi connectivity index (χ0) is 24.3. The highest BCUT2D eigenvalue weighted by Crippen LogP contribution is 2.32. The highest BCUT2D eigenvalue weighted by Gasteiger charge is 2.36. The number of carbonyl (C=O) groups is 2. The highest BCUT2D eigenvalue weighted by molar-refractivity contribution is 7.90. The summed E-state index contributed by atoms with van der Waals surface area (Å²) in [6.07, 6.45) is 7.24. The normalized spacial score (nSPS) is 21.2. The van der Waals surface area contributed by atoms with Gasteiger partial charge in [0.05, 0.1) is 22.3 Å². The molecular weight excluding hydrogens is 440 g/mol. The van der Waals surface area contributed by atoms with Gasteiger partial charge in [-0.1, -0.05) is 31.7 Å². The van der Waals surface area contributed by atoms with E-state index in [0.29, 0.717) is 22.5 Å². The van der Waals surface area contributed by atoms with Crippen LogP contribution >= 0.6 is 0 Å². The quantitative estimate of drug-likeness (QED) is 0.643. The van der Waals surface area contributed by atoms with Crippen LogP contribution in [0.1, 0.15) is 51.5 Å². The fourth-order valence-corrected chi connectivity index (χ4v) is 5.01. The third-order valence-electron chi connectivity index (χ3n) is 6.11. The van der Waals surface area contributed by atoms with Gasteiger partial charge in [-0.3, -0.25) is 9.69 Å². The van der Waals surface area contributed by atoms with Crippen molar-refractivity contribution in [1.29, 1.82) is 0 Å². The molecule has 2 aliphatic rings. The predicted molar refractivity (Wildman–Crippen MR) is 128 cm³/mol. The molecule has 1 aromatic rings. The van der Waals surface area contributed by atoms with Crippen LogP contribution in [0.25, 0.3) is 5.57 Å².